The zero-order valence-corrected chi connectivity index (χ0v) is 14.4. The second kappa shape index (κ2) is 7.45. The smallest absolute Gasteiger partial charge is 0.232 e. The topological polar surface area (TPSA) is 51.0 Å². The van der Waals surface area contributed by atoms with E-state index in [0.717, 1.165) is 23.1 Å². The van der Waals surface area contributed by atoms with Crippen LogP contribution in [0.25, 0.3) is 11.4 Å². The Morgan fingerprint density at radius 3 is 2.64 bits per heavy atom. The highest BCUT2D eigenvalue weighted by Crippen LogP contribution is 2.26. The predicted octanol–water partition coefficient (Wildman–Crippen LogP) is 2.84. The first-order chi connectivity index (χ1) is 10.6. The van der Waals surface area contributed by atoms with Gasteiger partial charge in [0, 0.05) is 25.7 Å². The van der Waals surface area contributed by atoms with Crippen LogP contribution in [0.4, 0.5) is 0 Å². The third-order valence-corrected chi connectivity index (χ3v) is 4.60. The third-order valence-electron chi connectivity index (χ3n) is 3.64. The minimum absolute atomic E-state index is 0.107. The van der Waals surface area contributed by atoms with Crippen molar-refractivity contribution in [3.05, 3.63) is 29.8 Å². The van der Waals surface area contributed by atoms with Gasteiger partial charge in [0.15, 0.2) is 11.0 Å². The molecule has 0 aliphatic rings. The second-order valence-electron chi connectivity index (χ2n) is 5.06. The highest BCUT2D eigenvalue weighted by Gasteiger charge is 2.16. The van der Waals surface area contributed by atoms with Crippen LogP contribution in [0.5, 0.6) is 0 Å². The number of nitrogens with zero attached hydrogens (tertiary/aromatic N) is 4. The van der Waals surface area contributed by atoms with E-state index in [2.05, 4.69) is 40.7 Å². The number of rotatable bonds is 6. The quantitative estimate of drug-likeness (QED) is 0.769. The monoisotopic (exact) mass is 318 g/mol. The number of benzene rings is 1. The molecule has 1 heterocycles. The van der Waals surface area contributed by atoms with Crippen LogP contribution in [-0.2, 0) is 11.3 Å². The van der Waals surface area contributed by atoms with Crippen LogP contribution in [0.15, 0.2) is 29.4 Å². The number of aromatic nitrogens is 3. The summed E-state index contributed by atoms with van der Waals surface area (Å²) in [5, 5.41) is 9.39. The van der Waals surface area contributed by atoms with Crippen molar-refractivity contribution in [3.8, 4) is 11.4 Å². The van der Waals surface area contributed by atoms with Gasteiger partial charge in [-0.2, -0.15) is 0 Å². The van der Waals surface area contributed by atoms with Gasteiger partial charge in [-0.25, -0.2) is 0 Å². The van der Waals surface area contributed by atoms with Crippen LogP contribution >= 0.6 is 11.8 Å². The van der Waals surface area contributed by atoms with Gasteiger partial charge in [-0.05, 0) is 26.3 Å². The lowest BCUT2D eigenvalue weighted by Gasteiger charge is -2.14. The molecule has 0 aliphatic heterocycles. The van der Waals surface area contributed by atoms with Crippen LogP contribution in [0.3, 0.4) is 0 Å². The summed E-state index contributed by atoms with van der Waals surface area (Å²) in [4.78, 5) is 13.6. The molecule has 0 unspecified atom stereocenters. The van der Waals surface area contributed by atoms with E-state index in [-0.39, 0.29) is 5.91 Å². The Morgan fingerprint density at radius 1 is 1.27 bits per heavy atom. The molecule has 0 atom stereocenters. The summed E-state index contributed by atoms with van der Waals surface area (Å²) < 4.78 is 2.06. The summed E-state index contributed by atoms with van der Waals surface area (Å²) in [6.07, 6.45) is 0. The van der Waals surface area contributed by atoms with Crippen molar-refractivity contribution in [2.45, 2.75) is 32.5 Å². The fourth-order valence-corrected chi connectivity index (χ4v) is 3.06. The predicted molar refractivity (Wildman–Crippen MR) is 89.9 cm³/mol. The van der Waals surface area contributed by atoms with Gasteiger partial charge >= 0.3 is 0 Å². The molecule has 6 heteroatoms. The SMILES string of the molecule is CCN(C)C(=O)CSc1nnc(-c2ccccc2C)n1CC. The average molecular weight is 318 g/mol. The molecule has 0 radical (unpaired) electrons. The zero-order valence-electron chi connectivity index (χ0n) is 13.5. The number of hydrogen-bond donors (Lipinski definition) is 0. The standard InChI is InChI=1S/C16H22N4OS/c1-5-19(4)14(21)11-22-16-18-17-15(20(16)6-2)13-10-8-7-9-12(13)3/h7-10H,5-6,11H2,1-4H3. The van der Waals surface area contributed by atoms with Crippen molar-refractivity contribution in [2.24, 2.45) is 0 Å². The molecule has 2 rings (SSSR count). The normalized spacial score (nSPS) is 10.7. The summed E-state index contributed by atoms with van der Waals surface area (Å²) in [5.41, 5.74) is 2.25. The van der Waals surface area contributed by atoms with Crippen molar-refractivity contribution in [1.82, 2.24) is 19.7 Å². The van der Waals surface area contributed by atoms with E-state index in [0.29, 0.717) is 12.3 Å². The number of hydrogen-bond acceptors (Lipinski definition) is 4. The largest absolute Gasteiger partial charge is 0.345 e. The first-order valence-electron chi connectivity index (χ1n) is 7.44. The molecule has 5 nitrogen and oxygen atoms in total. The molecular weight excluding hydrogens is 296 g/mol. The maximum absolute atomic E-state index is 11.9. The Hall–Kier alpha value is -1.82. The van der Waals surface area contributed by atoms with Gasteiger partial charge in [0.05, 0.1) is 5.75 Å². The van der Waals surface area contributed by atoms with Crippen molar-refractivity contribution < 1.29 is 4.79 Å². The number of carbonyl (C=O) groups excluding carboxylic acids is 1. The lowest BCUT2D eigenvalue weighted by atomic mass is 10.1. The molecule has 1 amide bonds. The van der Waals surface area contributed by atoms with E-state index < -0.39 is 0 Å². The Bertz CT molecular complexity index is 653. The molecule has 0 spiro atoms. The average Bonchev–Trinajstić information content (AvgIpc) is 2.94. The van der Waals surface area contributed by atoms with Crippen molar-refractivity contribution in [1.29, 1.82) is 0 Å². The fourth-order valence-electron chi connectivity index (χ4n) is 2.12. The number of amides is 1. The minimum Gasteiger partial charge on any atom is -0.345 e. The van der Waals surface area contributed by atoms with Crippen molar-refractivity contribution >= 4 is 17.7 Å². The molecule has 0 fully saturated rings. The van der Waals surface area contributed by atoms with Crippen molar-refractivity contribution in [3.63, 3.8) is 0 Å². The molecule has 1 aromatic carbocycles. The van der Waals surface area contributed by atoms with Crippen LogP contribution in [-0.4, -0.2) is 44.9 Å². The molecule has 2 aromatic rings. The summed E-state index contributed by atoms with van der Waals surface area (Å²) in [6.45, 7) is 7.59. The first kappa shape index (κ1) is 16.5. The fraction of sp³-hybridized carbons (Fsp3) is 0.438. The lowest BCUT2D eigenvalue weighted by molar-refractivity contribution is -0.126. The number of carbonyl (C=O) groups is 1. The maximum atomic E-state index is 11.9. The lowest BCUT2D eigenvalue weighted by Crippen LogP contribution is -2.27. The van der Waals surface area contributed by atoms with Gasteiger partial charge in [-0.1, -0.05) is 36.0 Å². The highest BCUT2D eigenvalue weighted by molar-refractivity contribution is 7.99. The second-order valence-corrected chi connectivity index (χ2v) is 6.00. The Morgan fingerprint density at radius 2 is 2.00 bits per heavy atom. The van der Waals surface area contributed by atoms with E-state index in [1.54, 1.807) is 4.90 Å². The van der Waals surface area contributed by atoms with E-state index in [1.165, 1.54) is 17.3 Å². The van der Waals surface area contributed by atoms with E-state index >= 15 is 0 Å². The Labute approximate surface area is 135 Å². The molecule has 0 bridgehead atoms. The molecule has 0 aliphatic carbocycles. The molecule has 118 valence electrons. The Kier molecular flexibility index (Phi) is 5.60. The van der Waals surface area contributed by atoms with Crippen LogP contribution < -0.4 is 0 Å². The minimum atomic E-state index is 0.107. The van der Waals surface area contributed by atoms with Crippen LogP contribution in [0, 0.1) is 6.92 Å². The van der Waals surface area contributed by atoms with E-state index in [1.807, 2.05) is 26.1 Å². The zero-order chi connectivity index (χ0) is 16.1. The molecule has 22 heavy (non-hydrogen) atoms. The van der Waals surface area contributed by atoms with Gasteiger partial charge < -0.3 is 9.47 Å². The molecule has 0 N–H and O–H groups in total. The van der Waals surface area contributed by atoms with Crippen LogP contribution in [0.1, 0.15) is 19.4 Å². The van der Waals surface area contributed by atoms with Gasteiger partial charge in [0.25, 0.3) is 0 Å². The maximum Gasteiger partial charge on any atom is 0.232 e. The summed E-state index contributed by atoms with van der Waals surface area (Å²) in [5.74, 6) is 1.35. The number of thioether (sulfide) groups is 1. The van der Waals surface area contributed by atoms with Crippen molar-refractivity contribution in [2.75, 3.05) is 19.3 Å². The van der Waals surface area contributed by atoms with Gasteiger partial charge in [-0.3, -0.25) is 4.79 Å². The van der Waals surface area contributed by atoms with Gasteiger partial charge in [-0.15, -0.1) is 10.2 Å². The first-order valence-corrected chi connectivity index (χ1v) is 8.43. The summed E-state index contributed by atoms with van der Waals surface area (Å²) in [6, 6.07) is 8.14. The molecular formula is C16H22N4OS. The molecule has 0 saturated carbocycles. The van der Waals surface area contributed by atoms with Gasteiger partial charge in [0.2, 0.25) is 5.91 Å². The molecule has 0 saturated heterocycles. The summed E-state index contributed by atoms with van der Waals surface area (Å²) in [7, 11) is 1.81. The Balaban J connectivity index is 2.22. The molecule has 1 aromatic heterocycles. The van der Waals surface area contributed by atoms with E-state index in [4.69, 9.17) is 0 Å². The van der Waals surface area contributed by atoms with E-state index in [9.17, 15) is 4.79 Å². The third kappa shape index (κ3) is 3.50. The van der Waals surface area contributed by atoms with Gasteiger partial charge in [0.1, 0.15) is 0 Å². The number of aryl methyl sites for hydroxylation is 1. The highest BCUT2D eigenvalue weighted by atomic mass is 32.2. The van der Waals surface area contributed by atoms with Crippen LogP contribution in [0.2, 0.25) is 0 Å². The summed E-state index contributed by atoms with van der Waals surface area (Å²) >= 11 is 1.44.